The zero-order chi connectivity index (χ0) is 15.0. The Kier molecular flexibility index (Phi) is 7.02. The molecule has 0 amide bonds. The lowest BCUT2D eigenvalue weighted by atomic mass is 10.1. The minimum Gasteiger partial charge on any atom is -0.381 e. The molecule has 5 heteroatoms. The summed E-state index contributed by atoms with van der Waals surface area (Å²) in [4.78, 5) is 0.332. The summed E-state index contributed by atoms with van der Waals surface area (Å²) in [5, 5.41) is 3.39. The van der Waals surface area contributed by atoms with Crippen LogP contribution in [0.1, 0.15) is 46.5 Å². The summed E-state index contributed by atoms with van der Waals surface area (Å²) in [5.74, 6) is 0. The van der Waals surface area contributed by atoms with Crippen LogP contribution in [0.5, 0.6) is 0 Å². The highest BCUT2D eigenvalue weighted by molar-refractivity contribution is 7.89. The van der Waals surface area contributed by atoms with Gasteiger partial charge in [-0.1, -0.05) is 45.7 Å². The van der Waals surface area contributed by atoms with Crippen molar-refractivity contribution in [1.82, 2.24) is 4.72 Å². The fourth-order valence-corrected chi connectivity index (χ4v) is 3.50. The minimum absolute atomic E-state index is 0.322. The summed E-state index contributed by atoms with van der Waals surface area (Å²) in [6.45, 7) is 6.46. The van der Waals surface area contributed by atoms with Gasteiger partial charge in [-0.05, 0) is 25.0 Å². The van der Waals surface area contributed by atoms with Crippen molar-refractivity contribution in [3.05, 3.63) is 24.3 Å². The first-order valence-corrected chi connectivity index (χ1v) is 8.88. The molecule has 114 valence electrons. The largest absolute Gasteiger partial charge is 0.381 e. The van der Waals surface area contributed by atoms with Gasteiger partial charge in [0.15, 0.2) is 0 Å². The SMILES string of the molecule is CCCC(CCC)Nc1ccccc1S(=O)(=O)NCC. The van der Waals surface area contributed by atoms with Crippen molar-refractivity contribution in [2.24, 2.45) is 0 Å². The highest BCUT2D eigenvalue weighted by atomic mass is 32.2. The van der Waals surface area contributed by atoms with Gasteiger partial charge in [-0.25, -0.2) is 13.1 Å². The topological polar surface area (TPSA) is 58.2 Å². The van der Waals surface area contributed by atoms with Gasteiger partial charge in [0.1, 0.15) is 4.90 Å². The molecule has 0 aliphatic carbocycles. The third kappa shape index (κ3) is 4.80. The summed E-state index contributed by atoms with van der Waals surface area (Å²) in [7, 11) is -3.43. The Morgan fingerprint density at radius 2 is 1.65 bits per heavy atom. The molecule has 0 aliphatic rings. The molecule has 0 aliphatic heterocycles. The second kappa shape index (κ2) is 8.27. The first kappa shape index (κ1) is 17.0. The standard InChI is InChI=1S/C15H26N2O2S/c1-4-9-13(10-5-2)17-14-11-7-8-12-15(14)20(18,19)16-6-3/h7-8,11-13,16-17H,4-6,9-10H2,1-3H3. The molecule has 0 radical (unpaired) electrons. The van der Waals surface area contributed by atoms with E-state index < -0.39 is 10.0 Å². The molecule has 0 saturated heterocycles. The van der Waals surface area contributed by atoms with E-state index in [0.717, 1.165) is 25.7 Å². The second-order valence-corrected chi connectivity index (χ2v) is 6.65. The van der Waals surface area contributed by atoms with Crippen molar-refractivity contribution in [2.45, 2.75) is 57.4 Å². The van der Waals surface area contributed by atoms with E-state index in [2.05, 4.69) is 23.9 Å². The van der Waals surface area contributed by atoms with Crippen LogP contribution >= 0.6 is 0 Å². The van der Waals surface area contributed by atoms with E-state index in [4.69, 9.17) is 0 Å². The summed E-state index contributed by atoms with van der Waals surface area (Å²) >= 11 is 0. The zero-order valence-electron chi connectivity index (χ0n) is 12.6. The fourth-order valence-electron chi connectivity index (χ4n) is 2.29. The van der Waals surface area contributed by atoms with Crippen LogP contribution < -0.4 is 10.0 Å². The van der Waals surface area contributed by atoms with Crippen LogP contribution in [-0.2, 0) is 10.0 Å². The van der Waals surface area contributed by atoms with E-state index in [1.165, 1.54) is 0 Å². The van der Waals surface area contributed by atoms with Gasteiger partial charge in [-0.2, -0.15) is 0 Å². The number of benzene rings is 1. The quantitative estimate of drug-likeness (QED) is 0.735. The first-order valence-electron chi connectivity index (χ1n) is 7.40. The number of nitrogens with one attached hydrogen (secondary N) is 2. The van der Waals surface area contributed by atoms with E-state index in [0.29, 0.717) is 23.2 Å². The molecule has 0 fully saturated rings. The van der Waals surface area contributed by atoms with Crippen LogP contribution in [0.4, 0.5) is 5.69 Å². The molecule has 0 aromatic heterocycles. The lowest BCUT2D eigenvalue weighted by Gasteiger charge is -2.21. The Hall–Kier alpha value is -1.07. The van der Waals surface area contributed by atoms with Crippen molar-refractivity contribution in [3.63, 3.8) is 0 Å². The Morgan fingerprint density at radius 3 is 2.20 bits per heavy atom. The van der Waals surface area contributed by atoms with Crippen molar-refractivity contribution in [1.29, 1.82) is 0 Å². The molecule has 0 unspecified atom stereocenters. The highest BCUT2D eigenvalue weighted by Gasteiger charge is 2.18. The number of hydrogen-bond acceptors (Lipinski definition) is 3. The van der Waals surface area contributed by atoms with Gasteiger partial charge in [0.25, 0.3) is 0 Å². The molecule has 0 saturated carbocycles. The van der Waals surface area contributed by atoms with E-state index >= 15 is 0 Å². The molecule has 2 N–H and O–H groups in total. The average Bonchev–Trinajstić information content (AvgIpc) is 2.39. The van der Waals surface area contributed by atoms with Crippen molar-refractivity contribution >= 4 is 15.7 Å². The molecule has 0 spiro atoms. The number of sulfonamides is 1. The number of para-hydroxylation sites is 1. The number of rotatable bonds is 9. The Labute approximate surface area is 123 Å². The van der Waals surface area contributed by atoms with Gasteiger partial charge in [0, 0.05) is 12.6 Å². The smallest absolute Gasteiger partial charge is 0.242 e. The van der Waals surface area contributed by atoms with Gasteiger partial charge in [-0.3, -0.25) is 0 Å². The van der Waals surface area contributed by atoms with Gasteiger partial charge in [0.2, 0.25) is 10.0 Å². The molecular weight excluding hydrogens is 272 g/mol. The molecule has 0 heterocycles. The predicted octanol–water partition coefficient (Wildman–Crippen LogP) is 3.37. The first-order chi connectivity index (χ1) is 9.55. The summed E-state index contributed by atoms with van der Waals surface area (Å²) < 4.78 is 26.9. The zero-order valence-corrected chi connectivity index (χ0v) is 13.5. The van der Waals surface area contributed by atoms with Crippen LogP contribution in [0.15, 0.2) is 29.2 Å². The van der Waals surface area contributed by atoms with E-state index in [1.807, 2.05) is 12.1 Å². The molecule has 1 aromatic rings. The van der Waals surface area contributed by atoms with Crippen molar-refractivity contribution in [2.75, 3.05) is 11.9 Å². The van der Waals surface area contributed by atoms with Crippen molar-refractivity contribution < 1.29 is 8.42 Å². The van der Waals surface area contributed by atoms with Crippen molar-refractivity contribution in [3.8, 4) is 0 Å². The number of anilines is 1. The third-order valence-electron chi connectivity index (χ3n) is 3.14. The predicted molar refractivity (Wildman–Crippen MR) is 84.5 cm³/mol. The minimum atomic E-state index is -3.43. The lowest BCUT2D eigenvalue weighted by Crippen LogP contribution is -2.26. The lowest BCUT2D eigenvalue weighted by molar-refractivity contribution is 0.578. The van der Waals surface area contributed by atoms with Gasteiger partial charge >= 0.3 is 0 Å². The summed E-state index contributed by atoms with van der Waals surface area (Å²) in [5.41, 5.74) is 0.695. The fraction of sp³-hybridized carbons (Fsp3) is 0.600. The number of hydrogen-bond donors (Lipinski definition) is 2. The van der Waals surface area contributed by atoms with Gasteiger partial charge in [0.05, 0.1) is 5.69 Å². The maximum Gasteiger partial charge on any atom is 0.242 e. The van der Waals surface area contributed by atoms with Crippen LogP contribution in [0, 0.1) is 0 Å². The van der Waals surface area contributed by atoms with Gasteiger partial charge < -0.3 is 5.32 Å². The van der Waals surface area contributed by atoms with Crippen LogP contribution in [0.25, 0.3) is 0 Å². The van der Waals surface area contributed by atoms with Crippen LogP contribution in [0.2, 0.25) is 0 Å². The Balaban J connectivity index is 3.00. The Bertz CT molecular complexity index is 494. The molecule has 20 heavy (non-hydrogen) atoms. The third-order valence-corrected chi connectivity index (χ3v) is 4.75. The monoisotopic (exact) mass is 298 g/mol. The molecule has 0 bridgehead atoms. The average molecular weight is 298 g/mol. The highest BCUT2D eigenvalue weighted by Crippen LogP contribution is 2.23. The van der Waals surface area contributed by atoms with E-state index in [-0.39, 0.29) is 0 Å². The Morgan fingerprint density at radius 1 is 1.05 bits per heavy atom. The molecule has 0 atom stereocenters. The van der Waals surface area contributed by atoms with Gasteiger partial charge in [-0.15, -0.1) is 0 Å². The normalized spacial score (nSPS) is 11.8. The molecule has 4 nitrogen and oxygen atoms in total. The van der Waals surface area contributed by atoms with Crippen LogP contribution in [-0.4, -0.2) is 21.0 Å². The molecular formula is C15H26N2O2S. The maximum atomic E-state index is 12.2. The molecule has 1 rings (SSSR count). The maximum absolute atomic E-state index is 12.2. The summed E-state index contributed by atoms with van der Waals surface area (Å²) in [6.07, 6.45) is 4.26. The summed E-state index contributed by atoms with van der Waals surface area (Å²) in [6, 6.07) is 7.42. The van der Waals surface area contributed by atoms with E-state index in [1.54, 1.807) is 19.1 Å². The van der Waals surface area contributed by atoms with Crippen LogP contribution in [0.3, 0.4) is 0 Å². The second-order valence-electron chi connectivity index (χ2n) is 4.92. The molecule has 1 aromatic carbocycles. The van der Waals surface area contributed by atoms with E-state index in [9.17, 15) is 8.42 Å².